The summed E-state index contributed by atoms with van der Waals surface area (Å²) in [5, 5.41) is 10.6. The zero-order valence-corrected chi connectivity index (χ0v) is 10.4. The van der Waals surface area contributed by atoms with Gasteiger partial charge in [-0.25, -0.2) is 4.39 Å². The molecule has 0 radical (unpaired) electrons. The van der Waals surface area contributed by atoms with Crippen molar-refractivity contribution in [3.8, 4) is 0 Å². The molecule has 0 saturated carbocycles. The van der Waals surface area contributed by atoms with Crippen molar-refractivity contribution >= 4 is 0 Å². The maximum atomic E-state index is 13.4. The van der Waals surface area contributed by atoms with E-state index in [1.807, 2.05) is 19.9 Å². The van der Waals surface area contributed by atoms with Gasteiger partial charge in [0, 0.05) is 12.8 Å². The molecule has 0 aromatic heterocycles. The summed E-state index contributed by atoms with van der Waals surface area (Å²) in [6, 6.07) is 4.77. The molecule has 1 fully saturated rings. The molecule has 1 heterocycles. The Labute approximate surface area is 101 Å². The fourth-order valence-corrected chi connectivity index (χ4v) is 2.46. The molecule has 1 aliphatic heterocycles. The van der Waals surface area contributed by atoms with Crippen LogP contribution in [-0.4, -0.2) is 17.8 Å². The first kappa shape index (κ1) is 12.5. The summed E-state index contributed by atoms with van der Waals surface area (Å²) in [6.45, 7) is 4.41. The first-order valence-electron chi connectivity index (χ1n) is 6.15. The third-order valence-electron chi connectivity index (χ3n) is 3.47. The van der Waals surface area contributed by atoms with Crippen LogP contribution in [0.1, 0.15) is 37.3 Å². The van der Waals surface area contributed by atoms with Gasteiger partial charge in [0.05, 0.1) is 18.3 Å². The van der Waals surface area contributed by atoms with Gasteiger partial charge in [-0.15, -0.1) is 0 Å². The Morgan fingerprint density at radius 1 is 1.47 bits per heavy atom. The highest BCUT2D eigenvalue weighted by Gasteiger charge is 2.36. The number of hydrogen-bond donors (Lipinski definition) is 1. The van der Waals surface area contributed by atoms with Crippen LogP contribution in [-0.2, 0) is 10.3 Å². The van der Waals surface area contributed by atoms with E-state index in [-0.39, 0.29) is 11.9 Å². The van der Waals surface area contributed by atoms with Gasteiger partial charge < -0.3 is 9.84 Å². The molecule has 2 unspecified atom stereocenters. The predicted octanol–water partition coefficient (Wildman–Crippen LogP) is 2.91. The van der Waals surface area contributed by atoms with Gasteiger partial charge in [-0.2, -0.15) is 0 Å². The van der Waals surface area contributed by atoms with Crippen molar-refractivity contribution in [1.82, 2.24) is 0 Å². The maximum absolute atomic E-state index is 13.4. The molecule has 0 amide bonds. The molecule has 2 atom stereocenters. The minimum atomic E-state index is -0.939. The van der Waals surface area contributed by atoms with E-state index in [9.17, 15) is 9.50 Å². The summed E-state index contributed by atoms with van der Waals surface area (Å²) in [4.78, 5) is 0. The second-order valence-corrected chi connectivity index (χ2v) is 4.90. The molecule has 2 rings (SSSR count). The largest absolute Gasteiger partial charge is 0.385 e. The number of aliphatic hydroxyl groups is 1. The molecule has 17 heavy (non-hydrogen) atoms. The molecule has 94 valence electrons. The van der Waals surface area contributed by atoms with Crippen LogP contribution in [0.4, 0.5) is 4.39 Å². The molecule has 2 nitrogen and oxygen atoms in total. The lowest BCUT2D eigenvalue weighted by atomic mass is 9.82. The van der Waals surface area contributed by atoms with Gasteiger partial charge in [0.1, 0.15) is 5.82 Å². The van der Waals surface area contributed by atoms with Gasteiger partial charge >= 0.3 is 0 Å². The fraction of sp³-hybridized carbons (Fsp3) is 0.571. The van der Waals surface area contributed by atoms with E-state index in [4.69, 9.17) is 4.74 Å². The highest BCUT2D eigenvalue weighted by molar-refractivity contribution is 5.29. The van der Waals surface area contributed by atoms with Gasteiger partial charge in [-0.1, -0.05) is 13.0 Å². The number of aryl methyl sites for hydroxylation is 1. The molecule has 1 N–H and O–H groups in total. The van der Waals surface area contributed by atoms with Crippen LogP contribution in [0.5, 0.6) is 0 Å². The summed E-state index contributed by atoms with van der Waals surface area (Å²) >= 11 is 0. The van der Waals surface area contributed by atoms with Crippen LogP contribution in [0, 0.1) is 12.7 Å². The zero-order chi connectivity index (χ0) is 12.5. The Morgan fingerprint density at radius 3 is 2.88 bits per heavy atom. The van der Waals surface area contributed by atoms with Crippen molar-refractivity contribution in [3.05, 3.63) is 35.1 Å². The first-order valence-corrected chi connectivity index (χ1v) is 6.15. The lowest BCUT2D eigenvalue weighted by Crippen LogP contribution is -2.38. The minimum Gasteiger partial charge on any atom is -0.385 e. The quantitative estimate of drug-likeness (QED) is 0.858. The van der Waals surface area contributed by atoms with Gasteiger partial charge in [-0.3, -0.25) is 0 Å². The highest BCUT2D eigenvalue weighted by Crippen LogP contribution is 2.36. The van der Waals surface area contributed by atoms with Crippen molar-refractivity contribution < 1.29 is 14.2 Å². The average Bonchev–Trinajstić information content (AvgIpc) is 2.28. The molecular weight excluding hydrogens is 219 g/mol. The topological polar surface area (TPSA) is 29.5 Å². The molecule has 1 saturated heterocycles. The van der Waals surface area contributed by atoms with Crippen LogP contribution in [0.3, 0.4) is 0 Å². The number of benzene rings is 1. The number of rotatable bonds is 2. The molecule has 1 aromatic carbocycles. The Bertz CT molecular complexity index is 385. The van der Waals surface area contributed by atoms with Gasteiger partial charge in [0.15, 0.2) is 0 Å². The molecule has 0 aliphatic carbocycles. The van der Waals surface area contributed by atoms with Crippen LogP contribution < -0.4 is 0 Å². The predicted molar refractivity (Wildman–Crippen MR) is 64.3 cm³/mol. The first-order chi connectivity index (χ1) is 8.03. The Kier molecular flexibility index (Phi) is 3.50. The van der Waals surface area contributed by atoms with E-state index in [1.54, 1.807) is 0 Å². The highest BCUT2D eigenvalue weighted by atomic mass is 19.1. The Balaban J connectivity index is 2.30. The van der Waals surface area contributed by atoms with E-state index in [2.05, 4.69) is 0 Å². The smallest absolute Gasteiger partial charge is 0.123 e. The van der Waals surface area contributed by atoms with Crippen molar-refractivity contribution in [2.75, 3.05) is 6.61 Å². The minimum absolute atomic E-state index is 0.0670. The summed E-state index contributed by atoms with van der Waals surface area (Å²) in [7, 11) is 0. The summed E-state index contributed by atoms with van der Waals surface area (Å²) in [6.07, 6.45) is 2.02. The molecule has 0 bridgehead atoms. The Hall–Kier alpha value is -0.930. The summed E-state index contributed by atoms with van der Waals surface area (Å²) in [5.74, 6) is -0.284. The molecule has 0 spiro atoms. The standard InChI is InChI=1S/C14H19FO2/c1-3-13-9-14(16,4-5-17-13)11-6-10(2)7-12(15)8-11/h6-8,13,16H,3-5,9H2,1-2H3. The average molecular weight is 238 g/mol. The maximum Gasteiger partial charge on any atom is 0.123 e. The molecule has 1 aliphatic rings. The van der Waals surface area contributed by atoms with Crippen LogP contribution in [0.25, 0.3) is 0 Å². The van der Waals surface area contributed by atoms with Crippen molar-refractivity contribution in [3.63, 3.8) is 0 Å². The normalized spacial score (nSPS) is 29.3. The van der Waals surface area contributed by atoms with Gasteiger partial charge in [-0.05, 0) is 36.6 Å². The number of hydrogen-bond acceptors (Lipinski definition) is 2. The van der Waals surface area contributed by atoms with Crippen molar-refractivity contribution in [2.24, 2.45) is 0 Å². The SMILES string of the molecule is CCC1CC(O)(c2cc(C)cc(F)c2)CCO1. The van der Waals surface area contributed by atoms with Gasteiger partial charge in [0.25, 0.3) is 0 Å². The number of halogens is 1. The third kappa shape index (κ3) is 2.67. The Morgan fingerprint density at radius 2 is 2.24 bits per heavy atom. The van der Waals surface area contributed by atoms with Crippen LogP contribution >= 0.6 is 0 Å². The monoisotopic (exact) mass is 238 g/mol. The zero-order valence-electron chi connectivity index (χ0n) is 10.4. The summed E-state index contributed by atoms with van der Waals surface area (Å²) < 4.78 is 18.9. The molecular formula is C14H19FO2. The molecule has 1 aromatic rings. The van der Waals surface area contributed by atoms with Gasteiger partial charge in [0.2, 0.25) is 0 Å². The van der Waals surface area contributed by atoms with Crippen molar-refractivity contribution in [2.45, 2.75) is 44.8 Å². The third-order valence-corrected chi connectivity index (χ3v) is 3.47. The number of ether oxygens (including phenoxy) is 1. The van der Waals surface area contributed by atoms with Crippen LogP contribution in [0.15, 0.2) is 18.2 Å². The molecule has 3 heteroatoms. The van der Waals surface area contributed by atoms with Crippen LogP contribution in [0.2, 0.25) is 0 Å². The lowest BCUT2D eigenvalue weighted by Gasteiger charge is -2.37. The van der Waals surface area contributed by atoms with E-state index < -0.39 is 5.60 Å². The van der Waals surface area contributed by atoms with E-state index >= 15 is 0 Å². The lowest BCUT2D eigenvalue weighted by molar-refractivity contribution is -0.108. The van der Waals surface area contributed by atoms with E-state index in [1.165, 1.54) is 12.1 Å². The van der Waals surface area contributed by atoms with E-state index in [0.29, 0.717) is 25.0 Å². The second-order valence-electron chi connectivity index (χ2n) is 4.90. The van der Waals surface area contributed by atoms with Crippen molar-refractivity contribution in [1.29, 1.82) is 0 Å². The second kappa shape index (κ2) is 4.75. The summed E-state index contributed by atoms with van der Waals surface area (Å²) in [5.41, 5.74) is 0.580. The van der Waals surface area contributed by atoms with E-state index in [0.717, 1.165) is 12.0 Å². The fourth-order valence-electron chi connectivity index (χ4n) is 2.46.